The van der Waals surface area contributed by atoms with Crippen LogP contribution in [0, 0.1) is 0 Å². The second-order valence-corrected chi connectivity index (χ2v) is 6.86. The van der Waals surface area contributed by atoms with E-state index in [-0.39, 0.29) is 6.03 Å². The van der Waals surface area contributed by atoms with Crippen molar-refractivity contribution in [3.63, 3.8) is 0 Å². The van der Waals surface area contributed by atoms with Crippen LogP contribution in [0.3, 0.4) is 0 Å². The van der Waals surface area contributed by atoms with Crippen molar-refractivity contribution in [3.8, 4) is 0 Å². The zero-order chi connectivity index (χ0) is 16.9. The minimum Gasteiger partial charge on any atom is -0.310 e. The molecular weight excluding hydrogens is 320 g/mol. The Morgan fingerprint density at radius 1 is 1.17 bits per heavy atom. The molecule has 1 aromatic carbocycles. The summed E-state index contributed by atoms with van der Waals surface area (Å²) in [6, 6.07) is 13.9. The Bertz CT molecular complexity index is 811. The summed E-state index contributed by atoms with van der Waals surface area (Å²) >= 11 is 1.55. The Morgan fingerprint density at radius 2 is 2.00 bits per heavy atom. The molecule has 0 atom stereocenters. The quantitative estimate of drug-likeness (QED) is 0.643. The fourth-order valence-electron chi connectivity index (χ4n) is 2.30. The number of anilines is 2. The molecule has 2 amide bonds. The topological polar surface area (TPSA) is 66.0 Å². The Kier molecular flexibility index (Phi) is 5.08. The van der Waals surface area contributed by atoms with E-state index in [2.05, 4.69) is 34.8 Å². The fourth-order valence-corrected chi connectivity index (χ4v) is 3.26. The van der Waals surface area contributed by atoms with E-state index in [1.165, 1.54) is 0 Å². The van der Waals surface area contributed by atoms with E-state index in [0.29, 0.717) is 18.4 Å². The largest absolute Gasteiger partial charge is 0.325 e. The summed E-state index contributed by atoms with van der Waals surface area (Å²) < 4.78 is 1.15. The van der Waals surface area contributed by atoms with Crippen LogP contribution in [0.25, 0.3) is 10.1 Å². The number of fused-ring (bicyclic) bond motifs is 1. The Labute approximate surface area is 145 Å². The van der Waals surface area contributed by atoms with E-state index in [9.17, 15) is 4.79 Å². The summed E-state index contributed by atoms with van der Waals surface area (Å²) in [4.78, 5) is 16.5. The molecule has 0 unspecified atom stereocenters. The summed E-state index contributed by atoms with van der Waals surface area (Å²) in [6.45, 7) is 4.82. The second-order valence-electron chi connectivity index (χ2n) is 5.77. The molecule has 2 heterocycles. The molecule has 0 aliphatic rings. The predicted octanol–water partition coefficient (Wildman–Crippen LogP) is 4.44. The van der Waals surface area contributed by atoms with Gasteiger partial charge in [0.05, 0.1) is 5.00 Å². The van der Waals surface area contributed by atoms with Gasteiger partial charge < -0.3 is 5.32 Å². The number of urea groups is 1. The van der Waals surface area contributed by atoms with Crippen LogP contribution in [0.4, 0.5) is 15.6 Å². The van der Waals surface area contributed by atoms with Crippen molar-refractivity contribution in [3.05, 3.63) is 54.2 Å². The highest BCUT2D eigenvalue weighted by molar-refractivity contribution is 7.22. The van der Waals surface area contributed by atoms with E-state index in [4.69, 9.17) is 0 Å². The van der Waals surface area contributed by atoms with Crippen LogP contribution in [-0.4, -0.2) is 17.1 Å². The third-order valence-electron chi connectivity index (χ3n) is 3.49. The average molecular weight is 340 g/mol. The molecule has 24 heavy (non-hydrogen) atoms. The zero-order valence-corrected chi connectivity index (χ0v) is 14.5. The monoisotopic (exact) mass is 340 g/mol. The van der Waals surface area contributed by atoms with Crippen molar-refractivity contribution in [1.82, 2.24) is 10.3 Å². The van der Waals surface area contributed by atoms with Crippen LogP contribution in [-0.2, 0) is 6.54 Å². The Morgan fingerprint density at radius 3 is 2.79 bits per heavy atom. The number of amides is 2. The molecule has 0 radical (unpaired) electrons. The first-order chi connectivity index (χ1) is 11.6. The van der Waals surface area contributed by atoms with Crippen LogP contribution in [0.2, 0.25) is 0 Å². The van der Waals surface area contributed by atoms with E-state index in [1.807, 2.05) is 42.5 Å². The number of benzene rings is 1. The van der Waals surface area contributed by atoms with Gasteiger partial charge in [0, 0.05) is 29.0 Å². The van der Waals surface area contributed by atoms with Crippen molar-refractivity contribution in [2.45, 2.75) is 26.4 Å². The molecule has 0 saturated carbocycles. The molecule has 0 bridgehead atoms. The lowest BCUT2D eigenvalue weighted by Crippen LogP contribution is -2.24. The van der Waals surface area contributed by atoms with Crippen LogP contribution >= 0.6 is 11.3 Å². The van der Waals surface area contributed by atoms with Gasteiger partial charge in [-0.2, -0.15) is 0 Å². The SMILES string of the molecule is CC(C)NCc1cccnc1NC(=O)Nc1cc2ccccc2s1. The highest BCUT2D eigenvalue weighted by atomic mass is 32.1. The van der Waals surface area contributed by atoms with Crippen LogP contribution in [0.15, 0.2) is 48.7 Å². The lowest BCUT2D eigenvalue weighted by molar-refractivity contribution is 0.262. The van der Waals surface area contributed by atoms with E-state index >= 15 is 0 Å². The standard InChI is InChI=1S/C18H20N4OS/c1-12(2)20-11-14-7-5-9-19-17(14)22-18(23)21-16-10-13-6-3-4-8-15(13)24-16/h3-10,12,20H,11H2,1-2H3,(H2,19,21,22,23). The number of aromatic nitrogens is 1. The molecule has 3 N–H and O–H groups in total. The highest BCUT2D eigenvalue weighted by Crippen LogP contribution is 2.29. The number of carbonyl (C=O) groups is 1. The van der Waals surface area contributed by atoms with Gasteiger partial charge in [-0.1, -0.05) is 38.1 Å². The van der Waals surface area contributed by atoms with Gasteiger partial charge in [0.15, 0.2) is 0 Å². The first-order valence-electron chi connectivity index (χ1n) is 7.85. The average Bonchev–Trinajstić information content (AvgIpc) is 2.96. The second kappa shape index (κ2) is 7.42. The van der Waals surface area contributed by atoms with Crippen molar-refractivity contribution >= 4 is 38.3 Å². The normalized spacial score (nSPS) is 11.0. The first kappa shape index (κ1) is 16.4. The zero-order valence-electron chi connectivity index (χ0n) is 13.7. The summed E-state index contributed by atoms with van der Waals surface area (Å²) in [5.41, 5.74) is 0.956. The molecule has 124 valence electrons. The molecular formula is C18H20N4OS. The Balaban J connectivity index is 1.68. The first-order valence-corrected chi connectivity index (χ1v) is 8.67. The number of pyridine rings is 1. The molecule has 3 rings (SSSR count). The molecule has 0 aliphatic heterocycles. The lowest BCUT2D eigenvalue weighted by Gasteiger charge is -2.12. The number of nitrogens with one attached hydrogen (secondary N) is 3. The number of nitrogens with zero attached hydrogens (tertiary/aromatic N) is 1. The molecule has 5 nitrogen and oxygen atoms in total. The third-order valence-corrected chi connectivity index (χ3v) is 4.52. The van der Waals surface area contributed by atoms with E-state index < -0.39 is 0 Å². The van der Waals surface area contributed by atoms with Gasteiger partial charge in [0.25, 0.3) is 0 Å². The molecule has 3 aromatic rings. The minimum absolute atomic E-state index is 0.286. The van der Waals surface area contributed by atoms with Gasteiger partial charge in [-0.3, -0.25) is 10.6 Å². The fraction of sp³-hybridized carbons (Fsp3) is 0.222. The molecule has 0 fully saturated rings. The highest BCUT2D eigenvalue weighted by Gasteiger charge is 2.10. The predicted molar refractivity (Wildman–Crippen MR) is 101 cm³/mol. The summed E-state index contributed by atoms with van der Waals surface area (Å²) in [6.07, 6.45) is 1.67. The van der Waals surface area contributed by atoms with Crippen molar-refractivity contribution in [1.29, 1.82) is 0 Å². The number of hydrogen-bond donors (Lipinski definition) is 3. The van der Waals surface area contributed by atoms with Gasteiger partial charge in [0.1, 0.15) is 5.82 Å². The van der Waals surface area contributed by atoms with Gasteiger partial charge in [0.2, 0.25) is 0 Å². The number of thiophene rings is 1. The summed E-state index contributed by atoms with van der Waals surface area (Å²) in [7, 11) is 0. The molecule has 6 heteroatoms. The van der Waals surface area contributed by atoms with Crippen molar-refractivity contribution in [2.24, 2.45) is 0 Å². The van der Waals surface area contributed by atoms with Crippen LogP contribution in [0.1, 0.15) is 19.4 Å². The lowest BCUT2D eigenvalue weighted by atomic mass is 10.2. The molecule has 2 aromatic heterocycles. The maximum absolute atomic E-state index is 12.3. The smallest absolute Gasteiger partial charge is 0.310 e. The molecule has 0 saturated heterocycles. The van der Waals surface area contributed by atoms with Crippen molar-refractivity contribution < 1.29 is 4.79 Å². The number of carbonyl (C=O) groups excluding carboxylic acids is 1. The maximum atomic E-state index is 12.3. The number of hydrogen-bond acceptors (Lipinski definition) is 4. The van der Waals surface area contributed by atoms with Crippen LogP contribution in [0.5, 0.6) is 0 Å². The van der Waals surface area contributed by atoms with Gasteiger partial charge >= 0.3 is 6.03 Å². The molecule has 0 spiro atoms. The molecule has 0 aliphatic carbocycles. The van der Waals surface area contributed by atoms with Gasteiger partial charge in [-0.15, -0.1) is 11.3 Å². The van der Waals surface area contributed by atoms with Crippen LogP contribution < -0.4 is 16.0 Å². The Hall–Kier alpha value is -2.44. The van der Waals surface area contributed by atoms with E-state index in [1.54, 1.807) is 17.5 Å². The third kappa shape index (κ3) is 4.10. The summed E-state index contributed by atoms with van der Waals surface area (Å²) in [5.74, 6) is 0.573. The number of rotatable bonds is 5. The summed E-state index contributed by atoms with van der Waals surface area (Å²) in [5, 5.41) is 11.0. The van der Waals surface area contributed by atoms with Gasteiger partial charge in [-0.25, -0.2) is 9.78 Å². The van der Waals surface area contributed by atoms with E-state index in [0.717, 1.165) is 20.7 Å². The maximum Gasteiger partial charge on any atom is 0.325 e. The minimum atomic E-state index is -0.286. The van der Waals surface area contributed by atoms with Crippen molar-refractivity contribution in [2.75, 3.05) is 10.6 Å². The van der Waals surface area contributed by atoms with Gasteiger partial charge in [-0.05, 0) is 23.6 Å².